The molecule has 142 valence electrons. The number of hydrogen-bond donors (Lipinski definition) is 2. The number of ether oxygens (including phenoxy) is 1. The number of guanidine groups is 1. The van der Waals surface area contributed by atoms with Crippen molar-refractivity contribution in [2.45, 2.75) is 32.4 Å². The lowest BCUT2D eigenvalue weighted by atomic mass is 10.1. The Balaban J connectivity index is 2.13. The summed E-state index contributed by atoms with van der Waals surface area (Å²) in [5, 5.41) is 11.8. The van der Waals surface area contributed by atoms with Crippen LogP contribution in [-0.2, 0) is 4.74 Å². The number of benzene rings is 1. The van der Waals surface area contributed by atoms with Gasteiger partial charge in [-0.2, -0.15) is 5.10 Å². The van der Waals surface area contributed by atoms with Crippen molar-refractivity contribution in [2.75, 3.05) is 26.7 Å². The highest BCUT2D eigenvalue weighted by Gasteiger charge is 2.17. The van der Waals surface area contributed by atoms with Crippen molar-refractivity contribution in [1.82, 2.24) is 20.4 Å². The molecular weight excluding hydrogens is 350 g/mol. The lowest BCUT2D eigenvalue weighted by molar-refractivity contribution is 0.0310. The van der Waals surface area contributed by atoms with Gasteiger partial charge in [-0.3, -0.25) is 9.67 Å². The SMILES string of the molecule is CCNC(=NCC(C)(C)OC)NCC(c1ccc(Cl)cc1)n1cccn1. The van der Waals surface area contributed by atoms with Gasteiger partial charge in [-0.15, -0.1) is 0 Å². The normalized spacial score (nSPS) is 13.5. The van der Waals surface area contributed by atoms with Gasteiger partial charge in [0.05, 0.1) is 18.2 Å². The molecule has 2 rings (SSSR count). The van der Waals surface area contributed by atoms with Gasteiger partial charge < -0.3 is 15.4 Å². The number of rotatable bonds is 8. The first-order valence-corrected chi connectivity index (χ1v) is 9.15. The lowest BCUT2D eigenvalue weighted by Gasteiger charge is -2.23. The summed E-state index contributed by atoms with van der Waals surface area (Å²) in [6.07, 6.45) is 3.74. The van der Waals surface area contributed by atoms with E-state index in [1.165, 1.54) is 0 Å². The third kappa shape index (κ3) is 6.04. The van der Waals surface area contributed by atoms with Crippen LogP contribution in [0.2, 0.25) is 5.02 Å². The third-order valence-electron chi connectivity index (χ3n) is 4.08. The number of aliphatic imine (C=N–C) groups is 1. The van der Waals surface area contributed by atoms with Gasteiger partial charge in [0.25, 0.3) is 0 Å². The van der Waals surface area contributed by atoms with Gasteiger partial charge in [-0.05, 0) is 44.5 Å². The standard InChI is InChI=1S/C19H28ClN5O/c1-5-21-18(23-14-19(2,3)26-4)22-13-17(25-12-6-11-24-25)15-7-9-16(20)10-8-15/h6-12,17H,5,13-14H2,1-4H3,(H2,21,22,23). The monoisotopic (exact) mass is 377 g/mol. The molecule has 1 atom stereocenters. The summed E-state index contributed by atoms with van der Waals surface area (Å²) in [4.78, 5) is 4.64. The molecule has 0 bridgehead atoms. The summed E-state index contributed by atoms with van der Waals surface area (Å²) < 4.78 is 7.37. The summed E-state index contributed by atoms with van der Waals surface area (Å²) in [7, 11) is 1.70. The Labute approximate surface area is 160 Å². The van der Waals surface area contributed by atoms with Gasteiger partial charge in [0.2, 0.25) is 0 Å². The Morgan fingerprint density at radius 1 is 1.31 bits per heavy atom. The van der Waals surface area contributed by atoms with Crippen molar-refractivity contribution in [3.63, 3.8) is 0 Å². The zero-order chi connectivity index (χ0) is 19.0. The number of nitrogens with one attached hydrogen (secondary N) is 2. The van der Waals surface area contributed by atoms with Crippen LogP contribution in [0.5, 0.6) is 0 Å². The van der Waals surface area contributed by atoms with Crippen molar-refractivity contribution in [1.29, 1.82) is 0 Å². The largest absolute Gasteiger partial charge is 0.377 e. The fraction of sp³-hybridized carbons (Fsp3) is 0.474. The first kappa shape index (κ1) is 20.3. The molecule has 2 aromatic rings. The summed E-state index contributed by atoms with van der Waals surface area (Å²) in [5.41, 5.74) is 0.818. The predicted molar refractivity (Wildman–Crippen MR) is 107 cm³/mol. The van der Waals surface area contributed by atoms with Crippen molar-refractivity contribution >= 4 is 17.6 Å². The molecule has 0 amide bonds. The molecule has 0 fully saturated rings. The van der Waals surface area contributed by atoms with Crippen LogP contribution in [0.15, 0.2) is 47.7 Å². The van der Waals surface area contributed by atoms with Crippen molar-refractivity contribution in [3.8, 4) is 0 Å². The van der Waals surface area contributed by atoms with Crippen LogP contribution < -0.4 is 10.6 Å². The van der Waals surface area contributed by atoms with Crippen LogP contribution in [-0.4, -0.2) is 48.1 Å². The number of halogens is 1. The van der Waals surface area contributed by atoms with E-state index >= 15 is 0 Å². The second kappa shape index (κ2) is 9.59. The van der Waals surface area contributed by atoms with E-state index in [-0.39, 0.29) is 11.6 Å². The molecule has 0 aliphatic carbocycles. The number of methoxy groups -OCH3 is 1. The van der Waals surface area contributed by atoms with Gasteiger partial charge in [0.15, 0.2) is 5.96 Å². The smallest absolute Gasteiger partial charge is 0.191 e. The fourth-order valence-corrected chi connectivity index (χ4v) is 2.51. The summed E-state index contributed by atoms with van der Waals surface area (Å²) in [6.45, 7) is 8.06. The van der Waals surface area contributed by atoms with Crippen molar-refractivity contribution in [3.05, 3.63) is 53.3 Å². The predicted octanol–water partition coefficient (Wildman–Crippen LogP) is 3.11. The van der Waals surface area contributed by atoms with Crippen LogP contribution in [0.3, 0.4) is 0 Å². The van der Waals surface area contributed by atoms with E-state index in [1.54, 1.807) is 13.3 Å². The molecular formula is C19H28ClN5O. The molecule has 6 nitrogen and oxygen atoms in total. The quantitative estimate of drug-likeness (QED) is 0.548. The summed E-state index contributed by atoms with van der Waals surface area (Å²) in [6, 6.07) is 9.79. The molecule has 1 unspecified atom stereocenters. The van der Waals surface area contributed by atoms with E-state index in [0.29, 0.717) is 13.1 Å². The maximum absolute atomic E-state index is 6.03. The van der Waals surface area contributed by atoms with E-state index in [0.717, 1.165) is 23.1 Å². The molecule has 0 saturated carbocycles. The summed E-state index contributed by atoms with van der Waals surface area (Å²) in [5.74, 6) is 0.753. The highest BCUT2D eigenvalue weighted by atomic mass is 35.5. The van der Waals surface area contributed by atoms with Gasteiger partial charge in [-0.25, -0.2) is 0 Å². The zero-order valence-corrected chi connectivity index (χ0v) is 16.6. The van der Waals surface area contributed by atoms with Gasteiger partial charge in [0, 0.05) is 37.6 Å². The lowest BCUT2D eigenvalue weighted by Crippen LogP contribution is -2.41. The highest BCUT2D eigenvalue weighted by Crippen LogP contribution is 2.19. The minimum Gasteiger partial charge on any atom is -0.377 e. The second-order valence-corrected chi connectivity index (χ2v) is 7.03. The van der Waals surface area contributed by atoms with Crippen molar-refractivity contribution < 1.29 is 4.74 Å². The second-order valence-electron chi connectivity index (χ2n) is 6.59. The number of hydrogen-bond acceptors (Lipinski definition) is 3. The van der Waals surface area contributed by atoms with Crippen LogP contribution >= 0.6 is 11.6 Å². The maximum Gasteiger partial charge on any atom is 0.191 e. The Hall–Kier alpha value is -2.05. The average Bonchev–Trinajstić information content (AvgIpc) is 3.15. The van der Waals surface area contributed by atoms with E-state index in [1.807, 2.05) is 62.0 Å². The Morgan fingerprint density at radius 3 is 2.62 bits per heavy atom. The Morgan fingerprint density at radius 2 is 2.04 bits per heavy atom. The Kier molecular flexibility index (Phi) is 7.48. The fourth-order valence-electron chi connectivity index (χ4n) is 2.38. The molecule has 1 heterocycles. The molecule has 26 heavy (non-hydrogen) atoms. The van der Waals surface area contributed by atoms with Gasteiger partial charge >= 0.3 is 0 Å². The van der Waals surface area contributed by atoms with Crippen LogP contribution in [0.1, 0.15) is 32.4 Å². The first-order chi connectivity index (χ1) is 12.4. The summed E-state index contributed by atoms with van der Waals surface area (Å²) >= 11 is 6.03. The number of nitrogens with zero attached hydrogens (tertiary/aromatic N) is 3. The third-order valence-corrected chi connectivity index (χ3v) is 4.33. The molecule has 1 aromatic carbocycles. The van der Waals surface area contributed by atoms with E-state index in [4.69, 9.17) is 16.3 Å². The molecule has 2 N–H and O–H groups in total. The van der Waals surface area contributed by atoms with E-state index < -0.39 is 0 Å². The molecule has 0 radical (unpaired) electrons. The first-order valence-electron chi connectivity index (χ1n) is 8.77. The highest BCUT2D eigenvalue weighted by molar-refractivity contribution is 6.30. The van der Waals surface area contributed by atoms with Gasteiger partial charge in [-0.1, -0.05) is 23.7 Å². The minimum absolute atomic E-state index is 0.0292. The van der Waals surface area contributed by atoms with Gasteiger partial charge in [0.1, 0.15) is 0 Å². The molecule has 0 spiro atoms. The molecule has 0 aliphatic rings. The molecule has 0 aliphatic heterocycles. The molecule has 7 heteroatoms. The van der Waals surface area contributed by atoms with Crippen LogP contribution in [0.4, 0.5) is 0 Å². The number of aromatic nitrogens is 2. The Bertz CT molecular complexity index is 682. The van der Waals surface area contributed by atoms with E-state index in [2.05, 4.69) is 20.7 Å². The van der Waals surface area contributed by atoms with Crippen molar-refractivity contribution in [2.24, 2.45) is 4.99 Å². The average molecular weight is 378 g/mol. The van der Waals surface area contributed by atoms with Crippen LogP contribution in [0, 0.1) is 0 Å². The topological polar surface area (TPSA) is 63.5 Å². The van der Waals surface area contributed by atoms with E-state index in [9.17, 15) is 0 Å². The van der Waals surface area contributed by atoms with Crippen LogP contribution in [0.25, 0.3) is 0 Å². The maximum atomic E-state index is 6.03. The minimum atomic E-state index is -0.306. The molecule has 0 saturated heterocycles. The zero-order valence-electron chi connectivity index (χ0n) is 15.9. The molecule has 1 aromatic heterocycles.